The summed E-state index contributed by atoms with van der Waals surface area (Å²) < 4.78 is 5.09. The highest BCUT2D eigenvalue weighted by molar-refractivity contribution is 6.05. The fourth-order valence-corrected chi connectivity index (χ4v) is 2.05. The summed E-state index contributed by atoms with van der Waals surface area (Å²) in [6, 6.07) is 7.30. The maximum Gasteiger partial charge on any atom is 0.255 e. The van der Waals surface area contributed by atoms with E-state index in [1.54, 1.807) is 24.8 Å². The summed E-state index contributed by atoms with van der Waals surface area (Å²) in [4.78, 5) is 25.9. The van der Waals surface area contributed by atoms with Gasteiger partial charge in [-0.2, -0.15) is 0 Å². The average Bonchev–Trinajstić information content (AvgIpc) is 2.55. The fourth-order valence-electron chi connectivity index (χ4n) is 2.05. The van der Waals surface area contributed by atoms with Crippen molar-refractivity contribution < 1.29 is 14.3 Å². The number of methoxy groups -OCH3 is 1. The first kappa shape index (κ1) is 13.5. The highest BCUT2D eigenvalue weighted by atomic mass is 16.5. The minimum atomic E-state index is -0.534. The number of hydrogen-bond acceptors (Lipinski definition) is 3. The summed E-state index contributed by atoms with van der Waals surface area (Å²) >= 11 is 0. The molecule has 5 nitrogen and oxygen atoms in total. The Hall–Kier alpha value is -1.88. The van der Waals surface area contributed by atoms with Crippen LogP contribution in [0.25, 0.3) is 0 Å². The number of para-hydroxylation sites is 2. The number of carbonyl (C=O) groups is 2. The number of anilines is 2. The molecule has 1 aromatic carbocycles. The van der Waals surface area contributed by atoms with E-state index in [0.717, 1.165) is 0 Å². The molecule has 2 atom stereocenters. The van der Waals surface area contributed by atoms with Crippen LogP contribution in [0.1, 0.15) is 13.8 Å². The van der Waals surface area contributed by atoms with Gasteiger partial charge in [0, 0.05) is 13.7 Å². The van der Waals surface area contributed by atoms with Crippen molar-refractivity contribution in [2.75, 3.05) is 23.9 Å². The second kappa shape index (κ2) is 5.40. The van der Waals surface area contributed by atoms with Crippen LogP contribution in [0.2, 0.25) is 0 Å². The molecule has 1 heterocycles. The molecule has 0 spiro atoms. The van der Waals surface area contributed by atoms with Gasteiger partial charge in [-0.15, -0.1) is 0 Å². The van der Waals surface area contributed by atoms with Gasteiger partial charge >= 0.3 is 0 Å². The van der Waals surface area contributed by atoms with Crippen molar-refractivity contribution >= 4 is 23.2 Å². The van der Waals surface area contributed by atoms with E-state index in [-0.39, 0.29) is 17.7 Å². The van der Waals surface area contributed by atoms with Crippen molar-refractivity contribution in [2.45, 2.75) is 20.0 Å². The molecule has 19 heavy (non-hydrogen) atoms. The first-order chi connectivity index (χ1) is 9.04. The van der Waals surface area contributed by atoms with Gasteiger partial charge in [0.25, 0.3) is 5.91 Å². The molecule has 0 fully saturated rings. The fraction of sp³-hybridized carbons (Fsp3) is 0.429. The lowest BCUT2D eigenvalue weighted by Gasteiger charge is -2.25. The van der Waals surface area contributed by atoms with Gasteiger partial charge in [-0.05, 0) is 19.1 Å². The average molecular weight is 262 g/mol. The number of rotatable bonds is 2. The van der Waals surface area contributed by atoms with E-state index in [1.807, 2.05) is 18.2 Å². The number of amides is 2. The molecule has 0 aromatic heterocycles. The number of ether oxygens (including phenoxy) is 1. The summed E-state index contributed by atoms with van der Waals surface area (Å²) in [6.07, 6.45) is -0.534. The molecule has 0 radical (unpaired) electrons. The number of nitrogens with zero attached hydrogens (tertiary/aromatic N) is 1. The molecular weight excluding hydrogens is 244 g/mol. The Labute approximate surface area is 112 Å². The van der Waals surface area contributed by atoms with Crippen LogP contribution in [0.5, 0.6) is 0 Å². The summed E-state index contributed by atoms with van der Waals surface area (Å²) in [5.74, 6) is -0.480. The first-order valence-corrected chi connectivity index (χ1v) is 6.28. The molecule has 0 bridgehead atoms. The number of fused-ring (bicyclic) bond motifs is 1. The Kier molecular flexibility index (Phi) is 3.85. The van der Waals surface area contributed by atoms with Crippen LogP contribution in [0, 0.1) is 5.92 Å². The predicted molar refractivity (Wildman–Crippen MR) is 73.1 cm³/mol. The molecule has 2 rings (SSSR count). The summed E-state index contributed by atoms with van der Waals surface area (Å²) in [6.45, 7) is 3.87. The molecule has 1 unspecified atom stereocenters. The number of hydrogen-bond donors (Lipinski definition) is 1. The lowest BCUT2D eigenvalue weighted by molar-refractivity contribution is -0.127. The van der Waals surface area contributed by atoms with Gasteiger partial charge in [0.2, 0.25) is 5.91 Å². The molecule has 0 saturated heterocycles. The Bertz CT molecular complexity index is 501. The molecule has 0 saturated carbocycles. The highest BCUT2D eigenvalue weighted by Crippen LogP contribution is 2.30. The normalized spacial score (nSPS) is 20.3. The second-order valence-electron chi connectivity index (χ2n) is 4.73. The predicted octanol–water partition coefficient (Wildman–Crippen LogP) is 1.64. The van der Waals surface area contributed by atoms with Crippen LogP contribution in [0.4, 0.5) is 11.4 Å². The first-order valence-electron chi connectivity index (χ1n) is 6.28. The van der Waals surface area contributed by atoms with E-state index in [2.05, 4.69) is 5.32 Å². The Morgan fingerprint density at radius 1 is 1.47 bits per heavy atom. The molecule has 2 amide bonds. The van der Waals surface area contributed by atoms with E-state index >= 15 is 0 Å². The second-order valence-corrected chi connectivity index (χ2v) is 4.73. The maximum atomic E-state index is 12.4. The minimum absolute atomic E-state index is 0.0761. The van der Waals surface area contributed by atoms with Gasteiger partial charge in [0.05, 0.1) is 17.3 Å². The monoisotopic (exact) mass is 262 g/mol. The topological polar surface area (TPSA) is 58.6 Å². The third kappa shape index (κ3) is 2.61. The lowest BCUT2D eigenvalue weighted by atomic mass is 10.1. The quantitative estimate of drug-likeness (QED) is 0.881. The lowest BCUT2D eigenvalue weighted by Crippen LogP contribution is -2.41. The van der Waals surface area contributed by atoms with E-state index < -0.39 is 6.10 Å². The molecule has 1 N–H and O–H groups in total. The molecule has 1 aliphatic heterocycles. The number of benzene rings is 1. The van der Waals surface area contributed by atoms with Gasteiger partial charge in [0.15, 0.2) is 0 Å². The zero-order valence-corrected chi connectivity index (χ0v) is 11.3. The van der Waals surface area contributed by atoms with Gasteiger partial charge < -0.3 is 15.0 Å². The van der Waals surface area contributed by atoms with Crippen molar-refractivity contribution in [3.8, 4) is 0 Å². The summed E-state index contributed by atoms with van der Waals surface area (Å²) in [5, 5.41) is 2.84. The Morgan fingerprint density at radius 2 is 2.16 bits per heavy atom. The van der Waals surface area contributed by atoms with Crippen LogP contribution in [0.3, 0.4) is 0 Å². The van der Waals surface area contributed by atoms with Gasteiger partial charge in [0.1, 0.15) is 6.10 Å². The Balaban J connectivity index is 2.42. The zero-order valence-electron chi connectivity index (χ0n) is 11.3. The van der Waals surface area contributed by atoms with Crippen LogP contribution in [-0.4, -0.2) is 31.6 Å². The van der Waals surface area contributed by atoms with E-state index in [9.17, 15) is 9.59 Å². The third-order valence-corrected chi connectivity index (χ3v) is 3.32. The van der Waals surface area contributed by atoms with Crippen molar-refractivity contribution in [1.82, 2.24) is 0 Å². The summed E-state index contributed by atoms with van der Waals surface area (Å²) in [5.41, 5.74) is 1.38. The molecule has 0 aliphatic carbocycles. The van der Waals surface area contributed by atoms with E-state index in [0.29, 0.717) is 17.9 Å². The standard InChI is InChI=1S/C14H18N2O3/c1-9-8-16(14(18)10(2)19-3)12-7-5-4-6-11(12)15-13(9)17/h4-7,9-10H,8H2,1-3H3,(H,15,17)/t9?,10-/m0/s1. The molecular formula is C14H18N2O3. The van der Waals surface area contributed by atoms with E-state index in [1.165, 1.54) is 7.11 Å². The molecule has 102 valence electrons. The van der Waals surface area contributed by atoms with Gasteiger partial charge in [-0.1, -0.05) is 19.1 Å². The SMILES string of the molecule is CO[C@@H](C)C(=O)N1CC(C)C(=O)Nc2ccccc21. The van der Waals surface area contributed by atoms with Crippen LogP contribution in [-0.2, 0) is 14.3 Å². The molecule has 1 aliphatic rings. The van der Waals surface area contributed by atoms with Crippen molar-refractivity contribution in [3.05, 3.63) is 24.3 Å². The smallest absolute Gasteiger partial charge is 0.255 e. The van der Waals surface area contributed by atoms with Gasteiger partial charge in [-0.3, -0.25) is 9.59 Å². The van der Waals surface area contributed by atoms with Crippen molar-refractivity contribution in [1.29, 1.82) is 0 Å². The van der Waals surface area contributed by atoms with E-state index in [4.69, 9.17) is 4.74 Å². The number of carbonyl (C=O) groups excluding carboxylic acids is 2. The summed E-state index contributed by atoms with van der Waals surface area (Å²) in [7, 11) is 1.50. The van der Waals surface area contributed by atoms with Crippen LogP contribution < -0.4 is 10.2 Å². The van der Waals surface area contributed by atoms with Crippen LogP contribution in [0.15, 0.2) is 24.3 Å². The zero-order chi connectivity index (χ0) is 14.0. The minimum Gasteiger partial charge on any atom is -0.372 e. The van der Waals surface area contributed by atoms with Gasteiger partial charge in [-0.25, -0.2) is 0 Å². The Morgan fingerprint density at radius 3 is 2.84 bits per heavy atom. The van der Waals surface area contributed by atoms with Crippen molar-refractivity contribution in [3.63, 3.8) is 0 Å². The molecule has 1 aromatic rings. The highest BCUT2D eigenvalue weighted by Gasteiger charge is 2.30. The molecule has 5 heteroatoms. The maximum absolute atomic E-state index is 12.4. The van der Waals surface area contributed by atoms with Crippen LogP contribution >= 0.6 is 0 Å². The largest absolute Gasteiger partial charge is 0.372 e. The van der Waals surface area contributed by atoms with Crippen molar-refractivity contribution in [2.24, 2.45) is 5.92 Å². The third-order valence-electron chi connectivity index (χ3n) is 3.32. The number of nitrogens with one attached hydrogen (secondary N) is 1.